The Balaban J connectivity index is 2.14. The van der Waals surface area contributed by atoms with E-state index in [1.165, 1.54) is 11.3 Å². The molecule has 0 spiro atoms. The van der Waals surface area contributed by atoms with Crippen molar-refractivity contribution in [3.05, 3.63) is 19.2 Å². The molecule has 1 atom stereocenters. The number of thiophene rings is 1. The van der Waals surface area contributed by atoms with Crippen molar-refractivity contribution in [2.75, 3.05) is 6.54 Å². The Morgan fingerprint density at radius 1 is 1.38 bits per heavy atom. The fourth-order valence-electron chi connectivity index (χ4n) is 2.22. The topological polar surface area (TPSA) is 46.6 Å². The molecule has 0 unspecified atom stereocenters. The van der Waals surface area contributed by atoms with E-state index in [4.69, 9.17) is 4.74 Å². The SMILES string of the molecule is CC(C)(C)OC(=O)[C@H]1CCCN1C(=O)c1cc(Br)c(Br)s1. The first-order valence-electron chi connectivity index (χ1n) is 6.68. The predicted octanol–water partition coefficient (Wildman–Crippen LogP) is 4.22. The summed E-state index contributed by atoms with van der Waals surface area (Å²) in [7, 11) is 0. The van der Waals surface area contributed by atoms with Crippen molar-refractivity contribution in [3.63, 3.8) is 0 Å². The Morgan fingerprint density at radius 3 is 2.57 bits per heavy atom. The summed E-state index contributed by atoms with van der Waals surface area (Å²) in [6, 6.07) is 1.30. The van der Waals surface area contributed by atoms with Crippen LogP contribution in [0.1, 0.15) is 43.3 Å². The Bertz CT molecular complexity index is 546. The van der Waals surface area contributed by atoms with Crippen molar-refractivity contribution in [1.29, 1.82) is 0 Å². The summed E-state index contributed by atoms with van der Waals surface area (Å²) >= 11 is 8.13. The largest absolute Gasteiger partial charge is 0.458 e. The number of carbonyl (C=O) groups excluding carboxylic acids is 2. The molecule has 1 amide bonds. The van der Waals surface area contributed by atoms with Gasteiger partial charge in [-0.2, -0.15) is 0 Å². The Kier molecular flexibility index (Phi) is 5.15. The minimum absolute atomic E-state index is 0.111. The molecule has 21 heavy (non-hydrogen) atoms. The van der Waals surface area contributed by atoms with Crippen molar-refractivity contribution in [2.24, 2.45) is 0 Å². The smallest absolute Gasteiger partial charge is 0.329 e. The van der Waals surface area contributed by atoms with Crippen LogP contribution in [0.4, 0.5) is 0 Å². The van der Waals surface area contributed by atoms with E-state index in [0.717, 1.165) is 14.7 Å². The molecule has 1 aliphatic rings. The molecule has 7 heteroatoms. The minimum Gasteiger partial charge on any atom is -0.458 e. The van der Waals surface area contributed by atoms with Crippen LogP contribution in [-0.2, 0) is 9.53 Å². The summed E-state index contributed by atoms with van der Waals surface area (Å²) in [5.74, 6) is -0.428. The van der Waals surface area contributed by atoms with Gasteiger partial charge in [-0.3, -0.25) is 4.79 Å². The molecule has 0 N–H and O–H groups in total. The summed E-state index contributed by atoms with van der Waals surface area (Å²) in [6.07, 6.45) is 1.48. The van der Waals surface area contributed by atoms with E-state index in [9.17, 15) is 9.59 Å². The third-order valence-corrected chi connectivity index (χ3v) is 6.29. The molecule has 0 radical (unpaired) electrons. The van der Waals surface area contributed by atoms with Crippen molar-refractivity contribution in [2.45, 2.75) is 45.3 Å². The van der Waals surface area contributed by atoms with Crippen molar-refractivity contribution in [1.82, 2.24) is 4.90 Å². The summed E-state index contributed by atoms with van der Waals surface area (Å²) in [5.41, 5.74) is -0.538. The average Bonchev–Trinajstić information content (AvgIpc) is 2.94. The van der Waals surface area contributed by atoms with Crippen LogP contribution in [0, 0.1) is 0 Å². The molecule has 116 valence electrons. The van der Waals surface area contributed by atoms with E-state index >= 15 is 0 Å². The third kappa shape index (κ3) is 4.07. The van der Waals surface area contributed by atoms with Gasteiger partial charge in [-0.25, -0.2) is 4.79 Å². The maximum absolute atomic E-state index is 12.6. The number of carbonyl (C=O) groups is 2. The highest BCUT2D eigenvalue weighted by Gasteiger charge is 2.37. The van der Waals surface area contributed by atoms with E-state index in [2.05, 4.69) is 31.9 Å². The number of hydrogen-bond donors (Lipinski definition) is 0. The molecule has 0 aliphatic carbocycles. The standard InChI is InChI=1S/C14H17Br2NO3S/c1-14(2,3)20-13(19)9-5-4-6-17(9)12(18)10-7-8(15)11(16)21-10/h7,9H,4-6H2,1-3H3/t9-/m1/s1. The van der Waals surface area contributed by atoms with Gasteiger partial charge in [0.1, 0.15) is 11.6 Å². The predicted molar refractivity (Wildman–Crippen MR) is 89.6 cm³/mol. The van der Waals surface area contributed by atoms with Gasteiger partial charge in [0, 0.05) is 11.0 Å². The summed E-state index contributed by atoms with van der Waals surface area (Å²) in [4.78, 5) is 27.1. The second-order valence-corrected chi connectivity index (χ2v) is 9.15. The molecule has 1 aromatic heterocycles. The van der Waals surface area contributed by atoms with Crippen LogP contribution >= 0.6 is 43.2 Å². The van der Waals surface area contributed by atoms with E-state index in [-0.39, 0.29) is 11.9 Å². The Hall–Kier alpha value is -0.400. The van der Waals surface area contributed by atoms with E-state index in [0.29, 0.717) is 17.8 Å². The van der Waals surface area contributed by atoms with Crippen molar-refractivity contribution < 1.29 is 14.3 Å². The highest BCUT2D eigenvalue weighted by atomic mass is 79.9. The molecule has 1 aliphatic heterocycles. The molecule has 0 saturated carbocycles. The summed E-state index contributed by atoms with van der Waals surface area (Å²) < 4.78 is 7.14. The van der Waals surface area contributed by atoms with Crippen LogP contribution in [0.25, 0.3) is 0 Å². The molecule has 4 nitrogen and oxygen atoms in total. The minimum atomic E-state index is -0.538. The molecule has 0 aromatic carbocycles. The lowest BCUT2D eigenvalue weighted by molar-refractivity contribution is -0.159. The first-order chi connectivity index (χ1) is 9.69. The van der Waals surface area contributed by atoms with Crippen LogP contribution in [0.3, 0.4) is 0 Å². The van der Waals surface area contributed by atoms with Gasteiger partial charge in [0.2, 0.25) is 0 Å². The van der Waals surface area contributed by atoms with Gasteiger partial charge in [-0.15, -0.1) is 11.3 Å². The zero-order valence-electron chi connectivity index (χ0n) is 12.1. The van der Waals surface area contributed by atoms with Gasteiger partial charge in [0.25, 0.3) is 5.91 Å². The second kappa shape index (κ2) is 6.38. The van der Waals surface area contributed by atoms with Gasteiger partial charge in [-0.1, -0.05) is 0 Å². The Morgan fingerprint density at radius 2 is 2.05 bits per heavy atom. The van der Waals surface area contributed by atoms with Crippen LogP contribution in [0.2, 0.25) is 0 Å². The van der Waals surface area contributed by atoms with Crippen LogP contribution in [0.15, 0.2) is 14.3 Å². The normalized spacial score (nSPS) is 18.9. The van der Waals surface area contributed by atoms with Crippen LogP contribution < -0.4 is 0 Å². The third-order valence-electron chi connectivity index (χ3n) is 3.05. The van der Waals surface area contributed by atoms with Crippen LogP contribution in [-0.4, -0.2) is 35.0 Å². The number of esters is 1. The van der Waals surface area contributed by atoms with E-state index in [1.807, 2.05) is 20.8 Å². The summed E-state index contributed by atoms with van der Waals surface area (Å²) in [6.45, 7) is 6.09. The van der Waals surface area contributed by atoms with Gasteiger partial charge in [0.05, 0.1) is 8.66 Å². The average molecular weight is 439 g/mol. The number of hydrogen-bond acceptors (Lipinski definition) is 4. The fourth-order valence-corrected chi connectivity index (χ4v) is 4.21. The highest BCUT2D eigenvalue weighted by Crippen LogP contribution is 2.34. The molecule has 2 heterocycles. The first kappa shape index (κ1) is 17.0. The van der Waals surface area contributed by atoms with Gasteiger partial charge in [-0.05, 0) is 71.5 Å². The number of likely N-dealkylation sites (tertiary alicyclic amines) is 1. The number of amides is 1. The lowest BCUT2D eigenvalue weighted by atomic mass is 10.1. The van der Waals surface area contributed by atoms with Gasteiger partial charge >= 0.3 is 5.97 Å². The van der Waals surface area contributed by atoms with Crippen molar-refractivity contribution in [3.8, 4) is 0 Å². The van der Waals surface area contributed by atoms with Crippen molar-refractivity contribution >= 4 is 55.1 Å². The Labute approximate surface area is 145 Å². The molecule has 1 saturated heterocycles. The summed E-state index contributed by atoms with van der Waals surface area (Å²) in [5, 5.41) is 0. The maximum Gasteiger partial charge on any atom is 0.329 e. The highest BCUT2D eigenvalue weighted by molar-refractivity contribution is 9.13. The first-order valence-corrected chi connectivity index (χ1v) is 9.08. The number of rotatable bonds is 2. The van der Waals surface area contributed by atoms with Crippen LogP contribution in [0.5, 0.6) is 0 Å². The monoisotopic (exact) mass is 437 g/mol. The zero-order chi connectivity index (χ0) is 15.8. The molecule has 1 aromatic rings. The van der Waals surface area contributed by atoms with E-state index in [1.54, 1.807) is 11.0 Å². The second-order valence-electron chi connectivity index (χ2n) is 5.92. The van der Waals surface area contributed by atoms with Gasteiger partial charge < -0.3 is 9.64 Å². The number of ether oxygens (including phenoxy) is 1. The number of halogens is 2. The quantitative estimate of drug-likeness (QED) is 0.649. The number of nitrogens with zero attached hydrogens (tertiary/aromatic N) is 1. The zero-order valence-corrected chi connectivity index (χ0v) is 16.1. The lowest BCUT2D eigenvalue weighted by Crippen LogP contribution is -2.43. The molecule has 1 fully saturated rings. The molecular formula is C14H17Br2NO3S. The molecule has 0 bridgehead atoms. The van der Waals surface area contributed by atoms with Gasteiger partial charge in [0.15, 0.2) is 0 Å². The lowest BCUT2D eigenvalue weighted by Gasteiger charge is -2.27. The van der Waals surface area contributed by atoms with E-state index < -0.39 is 11.6 Å². The molecular weight excluding hydrogens is 422 g/mol. The fraction of sp³-hybridized carbons (Fsp3) is 0.571. The molecule has 2 rings (SSSR count). The maximum atomic E-state index is 12.6.